The van der Waals surface area contributed by atoms with E-state index in [1.165, 1.54) is 0 Å². The van der Waals surface area contributed by atoms with Gasteiger partial charge in [-0.05, 0) is 62.1 Å². The molecule has 0 aliphatic heterocycles. The van der Waals surface area contributed by atoms with Crippen LogP contribution >= 0.6 is 0 Å². The van der Waals surface area contributed by atoms with Crippen molar-refractivity contribution in [2.75, 3.05) is 12.4 Å². The number of anilines is 1. The Kier molecular flexibility index (Phi) is 6.72. The number of nitrogens with two attached hydrogens (primary N) is 2. The lowest BCUT2D eigenvalue weighted by molar-refractivity contribution is 0.215. The highest BCUT2D eigenvalue weighted by Crippen LogP contribution is 2.46. The maximum atomic E-state index is 9.93. The number of nitrogens with one attached hydrogen (secondary N) is 1. The van der Waals surface area contributed by atoms with E-state index in [4.69, 9.17) is 21.2 Å². The number of aromatic hydroxyl groups is 1. The number of nitrogens with zero attached hydrogens (tertiary/aromatic N) is 4. The van der Waals surface area contributed by atoms with Crippen LogP contribution in [0, 0.1) is 5.41 Å². The van der Waals surface area contributed by atoms with E-state index in [9.17, 15) is 5.11 Å². The van der Waals surface area contributed by atoms with Crippen LogP contribution in [0.15, 0.2) is 60.0 Å². The fraction of sp³-hybridized carbons (Fsp3) is 0.367. The van der Waals surface area contributed by atoms with Crippen molar-refractivity contribution in [2.45, 2.75) is 58.5 Å². The summed E-state index contributed by atoms with van der Waals surface area (Å²) in [7, 11) is 1.60. The molecule has 9 nitrogen and oxygen atoms in total. The Hall–Kier alpha value is -4.11. The Morgan fingerprint density at radius 3 is 2.62 bits per heavy atom. The number of hydrogen-bond donors (Lipinski definition) is 4. The van der Waals surface area contributed by atoms with Gasteiger partial charge in [0.2, 0.25) is 5.88 Å². The molecule has 1 saturated carbocycles. The number of methoxy groups -OCH3 is 1. The maximum absolute atomic E-state index is 9.93. The van der Waals surface area contributed by atoms with Crippen molar-refractivity contribution >= 4 is 22.7 Å². The summed E-state index contributed by atoms with van der Waals surface area (Å²) in [6.07, 6.45) is 8.07. The zero-order valence-corrected chi connectivity index (χ0v) is 23.2. The van der Waals surface area contributed by atoms with E-state index >= 15 is 0 Å². The molecule has 3 aromatic heterocycles. The number of phenolic OH excluding ortho intramolecular Hbond substituents is 1. The second-order valence-electron chi connectivity index (χ2n) is 11.1. The molecule has 0 amide bonds. The van der Waals surface area contributed by atoms with Crippen LogP contribution in [0.1, 0.15) is 51.7 Å². The number of ether oxygens (including phenoxy) is 1. The van der Waals surface area contributed by atoms with E-state index in [1.807, 2.05) is 29.8 Å². The average Bonchev–Trinajstić information content (AvgIpc) is 3.44. The molecule has 4 aromatic rings. The van der Waals surface area contributed by atoms with E-state index in [0.717, 1.165) is 46.4 Å². The molecule has 2 atom stereocenters. The predicted molar refractivity (Wildman–Crippen MR) is 156 cm³/mol. The van der Waals surface area contributed by atoms with Gasteiger partial charge in [0, 0.05) is 46.6 Å². The van der Waals surface area contributed by atoms with Gasteiger partial charge in [0.25, 0.3) is 0 Å². The first-order chi connectivity index (χ1) is 18.5. The van der Waals surface area contributed by atoms with Crippen molar-refractivity contribution in [2.24, 2.45) is 21.9 Å². The minimum Gasteiger partial charge on any atom is -0.508 e. The summed E-state index contributed by atoms with van der Waals surface area (Å²) in [6, 6.07) is 11.1. The molecule has 1 fully saturated rings. The number of benzene rings is 1. The summed E-state index contributed by atoms with van der Waals surface area (Å²) in [5.41, 5.74) is 18.9. The fourth-order valence-electron chi connectivity index (χ4n) is 5.34. The van der Waals surface area contributed by atoms with Crippen LogP contribution in [-0.2, 0) is 6.42 Å². The number of aliphatic imine (C=N–C) groups is 1. The van der Waals surface area contributed by atoms with Gasteiger partial charge in [0.15, 0.2) is 0 Å². The van der Waals surface area contributed by atoms with Crippen molar-refractivity contribution in [3.8, 4) is 22.8 Å². The molecule has 0 saturated heterocycles. The number of fused-ring (bicyclic) bond motifs is 1. The maximum Gasteiger partial charge on any atom is 0.212 e. The number of pyridine rings is 1. The number of hydrogen-bond acceptors (Lipinski definition) is 7. The zero-order chi connectivity index (χ0) is 27.9. The highest BCUT2D eigenvalue weighted by atomic mass is 16.5. The standard InChI is InChI=1S/C30H37N7O2/c1-6-18-13-21(38)8-9-23(18)35-28(31)22-16-34-37-17-20(19-7-10-26(39-5)33-15-19)14-24(37)27(22)36-25-11-12-30(4,32)29(25,2)3/h7-10,13-17,25,36,38H,6,11-12,32H2,1-5H3,(H2,31,35)/t25-,30+/m1/s1. The third kappa shape index (κ3) is 4.78. The number of aromatic nitrogens is 3. The van der Waals surface area contributed by atoms with Crippen molar-refractivity contribution in [3.05, 3.63) is 66.1 Å². The molecule has 39 heavy (non-hydrogen) atoms. The van der Waals surface area contributed by atoms with Crippen LogP contribution < -0.4 is 21.5 Å². The van der Waals surface area contributed by atoms with Gasteiger partial charge in [-0.15, -0.1) is 0 Å². The molecule has 1 aliphatic rings. The third-order valence-electron chi connectivity index (χ3n) is 8.49. The van der Waals surface area contributed by atoms with Gasteiger partial charge in [0.1, 0.15) is 11.6 Å². The average molecular weight is 528 g/mol. The summed E-state index contributed by atoms with van der Waals surface area (Å²) < 4.78 is 7.07. The van der Waals surface area contributed by atoms with Gasteiger partial charge in [-0.1, -0.05) is 20.8 Å². The summed E-state index contributed by atoms with van der Waals surface area (Å²) in [5, 5.41) is 18.4. The first-order valence-corrected chi connectivity index (χ1v) is 13.3. The Balaban J connectivity index is 1.64. The minimum atomic E-state index is -0.308. The molecule has 5 rings (SSSR count). The smallest absolute Gasteiger partial charge is 0.212 e. The number of phenols is 1. The second-order valence-corrected chi connectivity index (χ2v) is 11.1. The van der Waals surface area contributed by atoms with Gasteiger partial charge in [-0.25, -0.2) is 14.5 Å². The normalized spacial score (nSPS) is 20.9. The van der Waals surface area contributed by atoms with Crippen LogP contribution in [0.4, 0.5) is 11.4 Å². The van der Waals surface area contributed by atoms with E-state index in [2.05, 4.69) is 42.2 Å². The van der Waals surface area contributed by atoms with E-state index in [-0.39, 0.29) is 22.7 Å². The first-order valence-electron chi connectivity index (χ1n) is 13.3. The highest BCUT2D eigenvalue weighted by molar-refractivity contribution is 6.06. The van der Waals surface area contributed by atoms with Crippen LogP contribution in [0.5, 0.6) is 11.6 Å². The van der Waals surface area contributed by atoms with Gasteiger partial charge < -0.3 is 26.6 Å². The monoisotopic (exact) mass is 527 g/mol. The molecular weight excluding hydrogens is 490 g/mol. The molecular formula is C30H37N7O2. The largest absolute Gasteiger partial charge is 0.508 e. The summed E-state index contributed by atoms with van der Waals surface area (Å²) in [4.78, 5) is 9.14. The van der Waals surface area contributed by atoms with Crippen LogP contribution in [0.2, 0.25) is 0 Å². The Bertz CT molecular complexity index is 1540. The van der Waals surface area contributed by atoms with Crippen molar-refractivity contribution < 1.29 is 9.84 Å². The van der Waals surface area contributed by atoms with Crippen LogP contribution in [-0.4, -0.2) is 44.2 Å². The fourth-order valence-corrected chi connectivity index (χ4v) is 5.34. The second kappa shape index (κ2) is 9.89. The number of aryl methyl sites for hydroxylation is 1. The van der Waals surface area contributed by atoms with Gasteiger partial charge >= 0.3 is 0 Å². The van der Waals surface area contributed by atoms with Crippen LogP contribution in [0.25, 0.3) is 16.6 Å². The van der Waals surface area contributed by atoms with Crippen molar-refractivity contribution in [1.82, 2.24) is 14.6 Å². The Morgan fingerprint density at radius 1 is 1.18 bits per heavy atom. The predicted octanol–water partition coefficient (Wildman–Crippen LogP) is 5.03. The van der Waals surface area contributed by atoms with E-state index < -0.39 is 0 Å². The highest BCUT2D eigenvalue weighted by Gasteiger charge is 2.49. The van der Waals surface area contributed by atoms with E-state index in [1.54, 1.807) is 37.7 Å². The molecule has 0 spiro atoms. The zero-order valence-electron chi connectivity index (χ0n) is 23.2. The lowest BCUT2D eigenvalue weighted by Gasteiger charge is -2.39. The Labute approximate surface area is 228 Å². The van der Waals surface area contributed by atoms with Crippen LogP contribution in [0.3, 0.4) is 0 Å². The van der Waals surface area contributed by atoms with Gasteiger partial charge in [-0.3, -0.25) is 0 Å². The molecule has 0 unspecified atom stereocenters. The SMILES string of the molecule is CCc1cc(O)ccc1N=C(N)c1cnn2cc(-c3ccc(OC)nc3)cc2c1N[C@@H]1CC[C@](C)(N)C1(C)C. The molecule has 6 N–H and O–H groups in total. The van der Waals surface area contributed by atoms with Gasteiger partial charge in [-0.2, -0.15) is 5.10 Å². The van der Waals surface area contributed by atoms with Crippen molar-refractivity contribution in [3.63, 3.8) is 0 Å². The molecule has 3 heterocycles. The number of amidine groups is 1. The van der Waals surface area contributed by atoms with E-state index in [0.29, 0.717) is 23.7 Å². The summed E-state index contributed by atoms with van der Waals surface area (Å²) in [6.45, 7) is 8.57. The number of rotatable bonds is 7. The molecule has 204 valence electrons. The molecule has 1 aromatic carbocycles. The molecule has 9 heteroatoms. The minimum absolute atomic E-state index is 0.117. The summed E-state index contributed by atoms with van der Waals surface area (Å²) >= 11 is 0. The topological polar surface area (TPSA) is 136 Å². The lowest BCUT2D eigenvalue weighted by Crippen LogP contribution is -2.51. The first kappa shape index (κ1) is 26.5. The molecule has 1 aliphatic carbocycles. The quantitative estimate of drug-likeness (QED) is 0.195. The third-order valence-corrected chi connectivity index (χ3v) is 8.49. The lowest BCUT2D eigenvalue weighted by atomic mass is 9.75. The van der Waals surface area contributed by atoms with Gasteiger partial charge in [0.05, 0.1) is 35.8 Å². The van der Waals surface area contributed by atoms with Crippen molar-refractivity contribution in [1.29, 1.82) is 0 Å². The Morgan fingerprint density at radius 2 is 1.97 bits per heavy atom. The molecule has 0 bridgehead atoms. The molecule has 0 radical (unpaired) electrons. The summed E-state index contributed by atoms with van der Waals surface area (Å²) in [5.74, 6) is 1.10.